The Hall–Kier alpha value is -1.32. The van der Waals surface area contributed by atoms with Gasteiger partial charge in [0.25, 0.3) is 0 Å². The summed E-state index contributed by atoms with van der Waals surface area (Å²) in [6.07, 6.45) is 7.74. The molecule has 1 N–H and O–H groups in total. The van der Waals surface area contributed by atoms with Gasteiger partial charge >= 0.3 is 5.97 Å². The summed E-state index contributed by atoms with van der Waals surface area (Å²) in [6.45, 7) is 2.02. The van der Waals surface area contributed by atoms with E-state index in [0.717, 1.165) is 25.7 Å². The van der Waals surface area contributed by atoms with Gasteiger partial charge in [-0.3, -0.25) is 9.59 Å². The van der Waals surface area contributed by atoms with E-state index in [1.807, 2.05) is 12.2 Å². The van der Waals surface area contributed by atoms with E-state index >= 15 is 0 Å². The molecule has 1 fully saturated rings. The Morgan fingerprint density at radius 3 is 2.41 bits per heavy atom. The summed E-state index contributed by atoms with van der Waals surface area (Å²) in [6, 6.07) is 0.296. The Morgan fingerprint density at radius 2 is 1.94 bits per heavy atom. The minimum absolute atomic E-state index is 0.0524. The molecular weight excluding hydrogens is 218 g/mol. The molecule has 0 aromatic rings. The Kier molecular flexibility index (Phi) is 3.50. The van der Waals surface area contributed by atoms with Crippen LogP contribution in [-0.4, -0.2) is 34.5 Å². The van der Waals surface area contributed by atoms with Crippen LogP contribution in [0.4, 0.5) is 0 Å². The number of hydrogen-bond donors (Lipinski definition) is 1. The molecular formula is C13H19NO3. The summed E-state index contributed by atoms with van der Waals surface area (Å²) < 4.78 is 0. The molecule has 0 spiro atoms. The van der Waals surface area contributed by atoms with Crippen LogP contribution in [0.1, 0.15) is 32.6 Å². The summed E-state index contributed by atoms with van der Waals surface area (Å²) in [7, 11) is 0. The van der Waals surface area contributed by atoms with Gasteiger partial charge in [0, 0.05) is 18.5 Å². The van der Waals surface area contributed by atoms with E-state index < -0.39 is 11.9 Å². The molecule has 94 valence electrons. The van der Waals surface area contributed by atoms with Crippen molar-refractivity contribution >= 4 is 11.9 Å². The predicted molar refractivity (Wildman–Crippen MR) is 63.4 cm³/mol. The molecule has 1 saturated carbocycles. The van der Waals surface area contributed by atoms with Crippen molar-refractivity contribution in [1.82, 2.24) is 4.90 Å². The molecule has 2 rings (SSSR count). The Labute approximate surface area is 101 Å². The van der Waals surface area contributed by atoms with Crippen LogP contribution in [0.25, 0.3) is 0 Å². The minimum atomic E-state index is -0.826. The van der Waals surface area contributed by atoms with Crippen molar-refractivity contribution in [1.29, 1.82) is 0 Å². The summed E-state index contributed by atoms with van der Waals surface area (Å²) in [5.41, 5.74) is 0. The zero-order valence-electron chi connectivity index (χ0n) is 10.1. The highest BCUT2D eigenvalue weighted by Gasteiger charge is 2.37. The standard InChI is InChI=1S/C13H19NO3/c1-9(13(16)17)8-14(11-6-7-11)12(15)10-4-2-3-5-10/h2-3,9-11H,4-8H2,1H3,(H,16,17)/t9-/m1/s1. The van der Waals surface area contributed by atoms with Crippen molar-refractivity contribution in [3.8, 4) is 0 Å². The van der Waals surface area contributed by atoms with Crippen LogP contribution in [0.15, 0.2) is 12.2 Å². The lowest BCUT2D eigenvalue weighted by Gasteiger charge is -2.27. The molecule has 0 unspecified atom stereocenters. The first-order valence-corrected chi connectivity index (χ1v) is 6.28. The van der Waals surface area contributed by atoms with E-state index in [-0.39, 0.29) is 11.8 Å². The van der Waals surface area contributed by atoms with Gasteiger partial charge in [-0.15, -0.1) is 0 Å². The van der Waals surface area contributed by atoms with E-state index in [0.29, 0.717) is 12.6 Å². The van der Waals surface area contributed by atoms with E-state index in [4.69, 9.17) is 5.11 Å². The zero-order valence-corrected chi connectivity index (χ0v) is 10.1. The topological polar surface area (TPSA) is 57.6 Å². The lowest BCUT2D eigenvalue weighted by atomic mass is 10.0. The van der Waals surface area contributed by atoms with Gasteiger partial charge in [0.1, 0.15) is 0 Å². The van der Waals surface area contributed by atoms with Crippen LogP contribution in [0, 0.1) is 11.8 Å². The molecule has 0 saturated heterocycles. The average Bonchev–Trinajstić information content (AvgIpc) is 2.98. The average molecular weight is 237 g/mol. The van der Waals surface area contributed by atoms with Crippen molar-refractivity contribution in [3.05, 3.63) is 12.2 Å². The van der Waals surface area contributed by atoms with Gasteiger partial charge < -0.3 is 10.0 Å². The monoisotopic (exact) mass is 237 g/mol. The molecule has 0 aromatic heterocycles. The maximum absolute atomic E-state index is 12.3. The second-order valence-corrected chi connectivity index (χ2v) is 5.10. The Bertz CT molecular complexity index is 339. The van der Waals surface area contributed by atoms with Gasteiger partial charge in [-0.05, 0) is 25.7 Å². The third-order valence-corrected chi connectivity index (χ3v) is 3.52. The number of hydrogen-bond acceptors (Lipinski definition) is 2. The third kappa shape index (κ3) is 2.87. The molecule has 2 aliphatic carbocycles. The van der Waals surface area contributed by atoms with Gasteiger partial charge in [-0.2, -0.15) is 0 Å². The fourth-order valence-corrected chi connectivity index (χ4v) is 2.23. The summed E-state index contributed by atoms with van der Waals surface area (Å²) in [5, 5.41) is 8.93. The Balaban J connectivity index is 1.96. The molecule has 4 nitrogen and oxygen atoms in total. The number of allylic oxidation sites excluding steroid dienone is 2. The minimum Gasteiger partial charge on any atom is -0.481 e. The number of carboxylic acids is 1. The van der Waals surface area contributed by atoms with E-state index in [1.54, 1.807) is 11.8 Å². The number of aliphatic carboxylic acids is 1. The van der Waals surface area contributed by atoms with Crippen LogP contribution in [0.5, 0.6) is 0 Å². The molecule has 0 aromatic carbocycles. The molecule has 0 heterocycles. The molecule has 4 heteroatoms. The molecule has 0 aliphatic heterocycles. The van der Waals surface area contributed by atoms with Crippen LogP contribution in [0.2, 0.25) is 0 Å². The highest BCUT2D eigenvalue weighted by Crippen LogP contribution is 2.31. The number of nitrogens with zero attached hydrogens (tertiary/aromatic N) is 1. The quantitative estimate of drug-likeness (QED) is 0.740. The maximum Gasteiger partial charge on any atom is 0.308 e. The van der Waals surface area contributed by atoms with Crippen LogP contribution >= 0.6 is 0 Å². The van der Waals surface area contributed by atoms with Gasteiger partial charge in [0.2, 0.25) is 5.91 Å². The van der Waals surface area contributed by atoms with E-state index in [9.17, 15) is 9.59 Å². The first kappa shape index (κ1) is 12.1. The first-order valence-electron chi connectivity index (χ1n) is 6.28. The number of carbonyl (C=O) groups excluding carboxylic acids is 1. The van der Waals surface area contributed by atoms with Crippen molar-refractivity contribution in [2.75, 3.05) is 6.54 Å². The lowest BCUT2D eigenvalue weighted by molar-refractivity contribution is -0.144. The van der Waals surface area contributed by atoms with E-state index in [2.05, 4.69) is 0 Å². The highest BCUT2D eigenvalue weighted by atomic mass is 16.4. The van der Waals surface area contributed by atoms with Crippen LogP contribution < -0.4 is 0 Å². The summed E-state index contributed by atoms with van der Waals surface area (Å²) in [4.78, 5) is 25.0. The molecule has 1 amide bonds. The number of carboxylic acid groups (broad SMARTS) is 1. The van der Waals surface area contributed by atoms with Crippen LogP contribution in [-0.2, 0) is 9.59 Å². The van der Waals surface area contributed by atoms with Crippen molar-refractivity contribution in [2.45, 2.75) is 38.6 Å². The number of amides is 1. The second kappa shape index (κ2) is 4.90. The second-order valence-electron chi connectivity index (χ2n) is 5.10. The number of carbonyl (C=O) groups is 2. The molecule has 0 radical (unpaired) electrons. The molecule has 2 aliphatic rings. The maximum atomic E-state index is 12.3. The van der Waals surface area contributed by atoms with Crippen molar-refractivity contribution < 1.29 is 14.7 Å². The van der Waals surface area contributed by atoms with Crippen molar-refractivity contribution in [3.63, 3.8) is 0 Å². The fraction of sp³-hybridized carbons (Fsp3) is 0.692. The smallest absolute Gasteiger partial charge is 0.308 e. The summed E-state index contributed by atoms with van der Waals surface area (Å²) in [5.74, 6) is -1.11. The van der Waals surface area contributed by atoms with E-state index in [1.165, 1.54) is 0 Å². The first-order chi connectivity index (χ1) is 8.09. The fourth-order valence-electron chi connectivity index (χ4n) is 2.23. The van der Waals surface area contributed by atoms with Crippen molar-refractivity contribution in [2.24, 2.45) is 11.8 Å². The van der Waals surface area contributed by atoms with Gasteiger partial charge in [0.05, 0.1) is 5.92 Å². The van der Waals surface area contributed by atoms with Gasteiger partial charge in [-0.25, -0.2) is 0 Å². The highest BCUT2D eigenvalue weighted by molar-refractivity contribution is 5.81. The van der Waals surface area contributed by atoms with Gasteiger partial charge in [-0.1, -0.05) is 19.1 Å². The molecule has 1 atom stereocenters. The summed E-state index contributed by atoms with van der Waals surface area (Å²) >= 11 is 0. The molecule has 0 bridgehead atoms. The number of rotatable bonds is 5. The zero-order chi connectivity index (χ0) is 12.4. The van der Waals surface area contributed by atoms with Crippen LogP contribution in [0.3, 0.4) is 0 Å². The molecule has 17 heavy (non-hydrogen) atoms. The SMILES string of the molecule is C[C@H](CN(C(=O)C1CC=CC1)C1CC1)C(=O)O. The lowest BCUT2D eigenvalue weighted by Crippen LogP contribution is -2.41. The Morgan fingerprint density at radius 1 is 1.35 bits per heavy atom. The largest absolute Gasteiger partial charge is 0.481 e. The third-order valence-electron chi connectivity index (χ3n) is 3.52. The normalized spacial score (nSPS) is 21.5. The predicted octanol–water partition coefficient (Wildman–Crippen LogP) is 1.66. The van der Waals surface area contributed by atoms with Gasteiger partial charge in [0.15, 0.2) is 0 Å².